The standard InChI is InChI=1S/C22H18N3P/c1-17-16-22-23-25(18-10-4-2-5-11-18)26(19-12-6-3-7-13-19)24(22)21-15-9-8-14-20(17)21/h2-16H,1H3. The van der Waals surface area contributed by atoms with Crippen LogP contribution >= 0.6 is 8.22 Å². The molecule has 126 valence electrons. The van der Waals surface area contributed by atoms with Gasteiger partial charge in [-0.3, -0.25) is 4.67 Å². The molecule has 26 heavy (non-hydrogen) atoms. The fraction of sp³-hybridized carbons (Fsp3) is 0.0455. The van der Waals surface area contributed by atoms with Crippen LogP contribution < -0.4 is 14.8 Å². The number of fused-ring (bicyclic) bond motifs is 3. The molecule has 3 aromatic carbocycles. The molecule has 0 aromatic heterocycles. The molecule has 1 unspecified atom stereocenters. The summed E-state index contributed by atoms with van der Waals surface area (Å²) in [4.78, 5) is 0. The first-order chi connectivity index (χ1) is 12.8. The number of allylic oxidation sites excluding steroid dienone is 1. The monoisotopic (exact) mass is 355 g/mol. The van der Waals surface area contributed by atoms with E-state index in [-0.39, 0.29) is 0 Å². The Kier molecular flexibility index (Phi) is 3.62. The molecule has 0 bridgehead atoms. The largest absolute Gasteiger partial charge is 0.280 e. The highest BCUT2D eigenvalue weighted by molar-refractivity contribution is 7.70. The van der Waals surface area contributed by atoms with Crippen LogP contribution in [0, 0.1) is 0 Å². The maximum Gasteiger partial charge on any atom is 0.159 e. The van der Waals surface area contributed by atoms with Crippen molar-refractivity contribution in [3.8, 4) is 0 Å². The maximum atomic E-state index is 5.02. The third kappa shape index (κ3) is 2.36. The van der Waals surface area contributed by atoms with Crippen molar-refractivity contribution in [2.75, 3.05) is 9.45 Å². The van der Waals surface area contributed by atoms with Gasteiger partial charge < -0.3 is 0 Å². The highest BCUT2D eigenvalue weighted by Crippen LogP contribution is 2.55. The Bertz CT molecular complexity index is 1010. The van der Waals surface area contributed by atoms with Crippen LogP contribution in [-0.4, -0.2) is 5.84 Å². The Balaban J connectivity index is 1.72. The van der Waals surface area contributed by atoms with Crippen molar-refractivity contribution >= 4 is 36.3 Å². The van der Waals surface area contributed by atoms with Crippen LogP contribution in [0.4, 0.5) is 11.4 Å². The molecule has 0 N–H and O–H groups in total. The van der Waals surface area contributed by atoms with E-state index in [1.54, 1.807) is 0 Å². The van der Waals surface area contributed by atoms with E-state index in [4.69, 9.17) is 5.10 Å². The van der Waals surface area contributed by atoms with Gasteiger partial charge in [0, 0.05) is 10.9 Å². The number of nitrogens with zero attached hydrogens (tertiary/aromatic N) is 3. The fourth-order valence-electron chi connectivity index (χ4n) is 3.46. The lowest BCUT2D eigenvalue weighted by atomic mass is 10.0. The topological polar surface area (TPSA) is 18.8 Å². The molecular formula is C22H18N3P. The zero-order valence-corrected chi connectivity index (χ0v) is 15.3. The maximum absolute atomic E-state index is 5.02. The van der Waals surface area contributed by atoms with E-state index in [0.29, 0.717) is 0 Å². The van der Waals surface area contributed by atoms with Gasteiger partial charge in [-0.1, -0.05) is 66.7 Å². The fourth-order valence-corrected chi connectivity index (χ4v) is 5.71. The van der Waals surface area contributed by atoms with Gasteiger partial charge in [0.05, 0.1) is 11.4 Å². The van der Waals surface area contributed by atoms with E-state index in [2.05, 4.69) is 101 Å². The van der Waals surface area contributed by atoms with E-state index in [0.717, 1.165) is 11.5 Å². The molecule has 0 radical (unpaired) electrons. The van der Waals surface area contributed by atoms with Gasteiger partial charge in [0.1, 0.15) is 0 Å². The highest BCUT2D eigenvalue weighted by Gasteiger charge is 2.39. The SMILES string of the molecule is CC1=CC2=NN(c3ccccc3)P(c3ccccc3)N2c2ccccc21. The number of hydrazone groups is 1. The number of para-hydroxylation sites is 2. The molecule has 2 heterocycles. The number of benzene rings is 3. The van der Waals surface area contributed by atoms with E-state index in [9.17, 15) is 0 Å². The van der Waals surface area contributed by atoms with Gasteiger partial charge in [0.15, 0.2) is 14.1 Å². The van der Waals surface area contributed by atoms with Gasteiger partial charge in [-0.2, -0.15) is 0 Å². The predicted octanol–water partition coefficient (Wildman–Crippen LogP) is 5.38. The molecular weight excluding hydrogens is 337 g/mol. The second kappa shape index (κ2) is 6.12. The summed E-state index contributed by atoms with van der Waals surface area (Å²) in [5.41, 5.74) is 4.89. The van der Waals surface area contributed by atoms with Crippen molar-refractivity contribution in [3.63, 3.8) is 0 Å². The zero-order valence-electron chi connectivity index (χ0n) is 14.4. The van der Waals surface area contributed by atoms with E-state index >= 15 is 0 Å². The lowest BCUT2D eigenvalue weighted by Gasteiger charge is -2.34. The summed E-state index contributed by atoms with van der Waals surface area (Å²) in [5, 5.41) is 6.30. The summed E-state index contributed by atoms with van der Waals surface area (Å²) < 4.78 is 4.59. The number of amidine groups is 1. The van der Waals surface area contributed by atoms with Crippen LogP contribution in [-0.2, 0) is 0 Å². The first-order valence-electron chi connectivity index (χ1n) is 8.69. The Labute approximate surface area is 154 Å². The molecule has 5 rings (SSSR count). The van der Waals surface area contributed by atoms with Crippen molar-refractivity contribution in [2.24, 2.45) is 5.10 Å². The third-order valence-corrected chi connectivity index (χ3v) is 6.90. The number of hydrogen-bond acceptors (Lipinski definition) is 3. The van der Waals surface area contributed by atoms with Crippen LogP contribution in [0.15, 0.2) is 96.1 Å². The second-order valence-corrected chi connectivity index (χ2v) is 8.24. The van der Waals surface area contributed by atoms with Crippen LogP contribution in [0.2, 0.25) is 0 Å². The molecule has 3 nitrogen and oxygen atoms in total. The summed E-state index contributed by atoms with van der Waals surface area (Å²) in [6, 6.07) is 29.7. The predicted molar refractivity (Wildman–Crippen MR) is 112 cm³/mol. The van der Waals surface area contributed by atoms with Crippen molar-refractivity contribution in [1.29, 1.82) is 0 Å². The summed E-state index contributed by atoms with van der Waals surface area (Å²) in [7, 11) is -0.825. The number of anilines is 2. The molecule has 0 amide bonds. The molecule has 1 atom stereocenters. The van der Waals surface area contributed by atoms with Crippen LogP contribution in [0.3, 0.4) is 0 Å². The van der Waals surface area contributed by atoms with Gasteiger partial charge in [0.25, 0.3) is 0 Å². The van der Waals surface area contributed by atoms with Crippen molar-refractivity contribution in [3.05, 3.63) is 96.6 Å². The molecule has 0 saturated carbocycles. The Hall–Kier alpha value is -2.90. The summed E-state index contributed by atoms with van der Waals surface area (Å²) in [5.74, 6) is 1.01. The Morgan fingerprint density at radius 1 is 0.769 bits per heavy atom. The number of rotatable bonds is 2. The van der Waals surface area contributed by atoms with Crippen molar-refractivity contribution < 1.29 is 0 Å². The van der Waals surface area contributed by atoms with E-state index in [1.165, 1.54) is 22.1 Å². The highest BCUT2D eigenvalue weighted by atomic mass is 31.1. The molecule has 0 aliphatic carbocycles. The smallest absolute Gasteiger partial charge is 0.159 e. The minimum Gasteiger partial charge on any atom is -0.280 e. The van der Waals surface area contributed by atoms with Gasteiger partial charge in [-0.25, -0.2) is 4.78 Å². The van der Waals surface area contributed by atoms with E-state index in [1.807, 2.05) is 6.07 Å². The summed E-state index contributed by atoms with van der Waals surface area (Å²) in [6.07, 6.45) is 2.20. The van der Waals surface area contributed by atoms with Gasteiger partial charge in [0.2, 0.25) is 0 Å². The van der Waals surface area contributed by atoms with Crippen LogP contribution in [0.1, 0.15) is 12.5 Å². The third-order valence-electron chi connectivity index (χ3n) is 4.66. The second-order valence-electron chi connectivity index (χ2n) is 6.36. The first-order valence-corrected chi connectivity index (χ1v) is 9.94. The number of hydrogen-bond donors (Lipinski definition) is 0. The molecule has 0 spiro atoms. The van der Waals surface area contributed by atoms with Crippen molar-refractivity contribution in [2.45, 2.75) is 6.92 Å². The Morgan fingerprint density at radius 2 is 1.42 bits per heavy atom. The molecule has 3 aromatic rings. The lowest BCUT2D eigenvalue weighted by Crippen LogP contribution is -2.29. The minimum absolute atomic E-state index is 0.825. The summed E-state index contributed by atoms with van der Waals surface area (Å²) in [6.45, 7) is 2.16. The molecule has 2 aliphatic heterocycles. The van der Waals surface area contributed by atoms with Gasteiger partial charge >= 0.3 is 0 Å². The van der Waals surface area contributed by atoms with Crippen molar-refractivity contribution in [1.82, 2.24) is 0 Å². The zero-order chi connectivity index (χ0) is 17.5. The Morgan fingerprint density at radius 3 is 2.19 bits per heavy atom. The van der Waals surface area contributed by atoms with E-state index < -0.39 is 8.22 Å². The minimum atomic E-state index is -0.825. The average molecular weight is 355 g/mol. The van der Waals surface area contributed by atoms with Gasteiger partial charge in [-0.05, 0) is 36.8 Å². The molecule has 4 heteroatoms. The van der Waals surface area contributed by atoms with Gasteiger partial charge in [-0.15, -0.1) is 5.10 Å². The normalized spacial score (nSPS) is 18.1. The molecule has 0 fully saturated rings. The quantitative estimate of drug-likeness (QED) is 0.575. The summed E-state index contributed by atoms with van der Waals surface area (Å²) >= 11 is 0. The first kappa shape index (κ1) is 15.4. The average Bonchev–Trinajstić information content (AvgIpc) is 3.09. The molecule has 0 saturated heterocycles. The lowest BCUT2D eigenvalue weighted by molar-refractivity contribution is 1.21. The van der Waals surface area contributed by atoms with Crippen LogP contribution in [0.25, 0.3) is 5.57 Å². The van der Waals surface area contributed by atoms with Crippen LogP contribution in [0.5, 0.6) is 0 Å². The molecule has 2 aliphatic rings.